The SMILES string of the molecule is CCCc1nc(CN2CCSC[C@@H]2CC(=O)OC)cs1. The van der Waals surface area contributed by atoms with Gasteiger partial charge in [0.1, 0.15) is 0 Å². The number of rotatable bonds is 6. The van der Waals surface area contributed by atoms with Gasteiger partial charge in [0.05, 0.1) is 24.2 Å². The molecule has 0 bridgehead atoms. The summed E-state index contributed by atoms with van der Waals surface area (Å²) >= 11 is 3.66. The zero-order chi connectivity index (χ0) is 14.4. The van der Waals surface area contributed by atoms with E-state index in [1.54, 1.807) is 11.3 Å². The van der Waals surface area contributed by atoms with E-state index in [0.29, 0.717) is 6.42 Å². The number of methoxy groups -OCH3 is 1. The molecular weight excluding hydrogens is 292 g/mol. The number of thioether (sulfide) groups is 1. The number of aromatic nitrogens is 1. The molecule has 1 aliphatic heterocycles. The third-order valence-electron chi connectivity index (χ3n) is 3.41. The molecule has 0 spiro atoms. The number of aryl methyl sites for hydroxylation is 1. The molecule has 1 aromatic rings. The van der Waals surface area contributed by atoms with Crippen LogP contribution in [0.4, 0.5) is 0 Å². The van der Waals surface area contributed by atoms with Gasteiger partial charge in [-0.25, -0.2) is 4.98 Å². The Balaban J connectivity index is 1.95. The predicted octanol–water partition coefficient (Wildman–Crippen LogP) is 2.58. The molecule has 0 aromatic carbocycles. The Bertz CT molecular complexity index is 437. The van der Waals surface area contributed by atoms with Gasteiger partial charge in [-0.05, 0) is 12.8 Å². The minimum atomic E-state index is -0.118. The average molecular weight is 314 g/mol. The molecule has 6 heteroatoms. The van der Waals surface area contributed by atoms with Crippen molar-refractivity contribution in [2.75, 3.05) is 25.2 Å². The van der Waals surface area contributed by atoms with E-state index < -0.39 is 0 Å². The summed E-state index contributed by atoms with van der Waals surface area (Å²) in [5.41, 5.74) is 1.14. The maximum absolute atomic E-state index is 11.5. The van der Waals surface area contributed by atoms with Crippen LogP contribution < -0.4 is 0 Å². The molecule has 4 nitrogen and oxygen atoms in total. The van der Waals surface area contributed by atoms with E-state index >= 15 is 0 Å². The molecule has 0 aliphatic carbocycles. The van der Waals surface area contributed by atoms with Crippen molar-refractivity contribution in [1.29, 1.82) is 0 Å². The maximum Gasteiger partial charge on any atom is 0.307 e. The lowest BCUT2D eigenvalue weighted by Crippen LogP contribution is -2.43. The van der Waals surface area contributed by atoms with Crippen molar-refractivity contribution >= 4 is 29.1 Å². The summed E-state index contributed by atoms with van der Waals surface area (Å²) in [6, 6.07) is 0.275. The number of carbonyl (C=O) groups excluding carboxylic acids is 1. The highest BCUT2D eigenvalue weighted by Gasteiger charge is 2.26. The molecule has 20 heavy (non-hydrogen) atoms. The molecule has 1 aromatic heterocycles. The highest BCUT2D eigenvalue weighted by Crippen LogP contribution is 2.22. The number of hydrogen-bond acceptors (Lipinski definition) is 6. The van der Waals surface area contributed by atoms with Crippen LogP contribution in [0.25, 0.3) is 0 Å². The number of thiazole rings is 1. The minimum Gasteiger partial charge on any atom is -0.469 e. The second kappa shape index (κ2) is 8.00. The van der Waals surface area contributed by atoms with Crippen LogP contribution in [-0.2, 0) is 22.5 Å². The summed E-state index contributed by atoms with van der Waals surface area (Å²) in [6.45, 7) is 4.05. The third kappa shape index (κ3) is 4.46. The van der Waals surface area contributed by atoms with Crippen molar-refractivity contribution in [3.8, 4) is 0 Å². The van der Waals surface area contributed by atoms with Crippen molar-refractivity contribution in [3.63, 3.8) is 0 Å². The van der Waals surface area contributed by atoms with Crippen LogP contribution in [0.5, 0.6) is 0 Å². The lowest BCUT2D eigenvalue weighted by molar-refractivity contribution is -0.141. The Morgan fingerprint density at radius 2 is 2.45 bits per heavy atom. The Labute approximate surface area is 128 Å². The molecule has 0 radical (unpaired) electrons. The third-order valence-corrected chi connectivity index (χ3v) is 5.46. The van der Waals surface area contributed by atoms with Gasteiger partial charge in [0.15, 0.2) is 0 Å². The lowest BCUT2D eigenvalue weighted by Gasteiger charge is -2.34. The van der Waals surface area contributed by atoms with E-state index in [0.717, 1.165) is 43.1 Å². The number of nitrogens with zero attached hydrogens (tertiary/aromatic N) is 2. The summed E-state index contributed by atoms with van der Waals surface area (Å²) in [4.78, 5) is 18.6. The molecule has 2 heterocycles. The topological polar surface area (TPSA) is 42.4 Å². The number of ether oxygens (including phenoxy) is 1. The van der Waals surface area contributed by atoms with Crippen molar-refractivity contribution in [2.24, 2.45) is 0 Å². The first-order chi connectivity index (χ1) is 9.72. The van der Waals surface area contributed by atoms with Gasteiger partial charge in [-0.3, -0.25) is 9.69 Å². The molecule has 1 fully saturated rings. The van der Waals surface area contributed by atoms with Crippen molar-refractivity contribution in [3.05, 3.63) is 16.1 Å². The smallest absolute Gasteiger partial charge is 0.307 e. The van der Waals surface area contributed by atoms with Gasteiger partial charge in [0, 0.05) is 36.0 Å². The van der Waals surface area contributed by atoms with Gasteiger partial charge in [-0.1, -0.05) is 6.92 Å². The number of carbonyl (C=O) groups is 1. The van der Waals surface area contributed by atoms with E-state index in [9.17, 15) is 4.79 Å². The Morgan fingerprint density at radius 3 is 3.20 bits per heavy atom. The Morgan fingerprint density at radius 1 is 1.60 bits per heavy atom. The van der Waals surface area contributed by atoms with E-state index in [2.05, 4.69) is 22.2 Å². The fourth-order valence-electron chi connectivity index (χ4n) is 2.32. The summed E-state index contributed by atoms with van der Waals surface area (Å²) in [5.74, 6) is 2.01. The number of esters is 1. The van der Waals surface area contributed by atoms with Crippen molar-refractivity contribution in [2.45, 2.75) is 38.8 Å². The molecule has 1 saturated heterocycles. The molecule has 0 unspecified atom stereocenters. The van der Waals surface area contributed by atoms with Crippen LogP contribution in [0.15, 0.2) is 5.38 Å². The Hall–Kier alpha value is -0.590. The standard InChI is InChI=1S/C14H22N2O2S2/c1-3-4-13-15-11(9-20-13)8-16-5-6-19-10-12(16)7-14(17)18-2/h9,12H,3-8,10H2,1-2H3/t12-/m0/s1. The number of hydrogen-bond donors (Lipinski definition) is 0. The predicted molar refractivity (Wildman–Crippen MR) is 84.3 cm³/mol. The normalized spacial score (nSPS) is 20.0. The maximum atomic E-state index is 11.5. The van der Waals surface area contributed by atoms with E-state index in [1.165, 1.54) is 12.1 Å². The molecule has 112 valence electrons. The first kappa shape index (κ1) is 15.8. The van der Waals surface area contributed by atoms with E-state index in [4.69, 9.17) is 4.74 Å². The monoisotopic (exact) mass is 314 g/mol. The van der Waals surface area contributed by atoms with Gasteiger partial charge in [0.25, 0.3) is 0 Å². The average Bonchev–Trinajstić information content (AvgIpc) is 2.88. The fourth-order valence-corrected chi connectivity index (χ4v) is 4.34. The highest BCUT2D eigenvalue weighted by atomic mass is 32.2. The summed E-state index contributed by atoms with van der Waals surface area (Å²) < 4.78 is 4.80. The first-order valence-corrected chi connectivity index (χ1v) is 9.08. The fraction of sp³-hybridized carbons (Fsp3) is 0.714. The summed E-state index contributed by atoms with van der Waals surface area (Å²) in [5, 5.41) is 3.38. The largest absolute Gasteiger partial charge is 0.469 e. The van der Waals surface area contributed by atoms with Crippen LogP contribution in [0, 0.1) is 0 Å². The quantitative estimate of drug-likeness (QED) is 0.755. The van der Waals surface area contributed by atoms with E-state index in [-0.39, 0.29) is 12.0 Å². The van der Waals surface area contributed by atoms with Crippen molar-refractivity contribution < 1.29 is 9.53 Å². The Kier molecular flexibility index (Phi) is 6.32. The van der Waals surface area contributed by atoms with Gasteiger partial charge < -0.3 is 4.74 Å². The van der Waals surface area contributed by atoms with Crippen molar-refractivity contribution in [1.82, 2.24) is 9.88 Å². The molecule has 0 N–H and O–H groups in total. The minimum absolute atomic E-state index is 0.118. The molecular formula is C14H22N2O2S2. The van der Waals surface area contributed by atoms with Crippen LogP contribution in [0.1, 0.15) is 30.5 Å². The second-order valence-electron chi connectivity index (χ2n) is 4.96. The molecule has 2 rings (SSSR count). The van der Waals surface area contributed by atoms with E-state index in [1.807, 2.05) is 11.8 Å². The first-order valence-electron chi connectivity index (χ1n) is 7.04. The molecule has 0 saturated carbocycles. The van der Waals surface area contributed by atoms with Crippen LogP contribution in [-0.4, -0.2) is 47.1 Å². The van der Waals surface area contributed by atoms with Gasteiger partial charge in [0.2, 0.25) is 0 Å². The van der Waals surface area contributed by atoms with Gasteiger partial charge in [-0.2, -0.15) is 11.8 Å². The van der Waals surface area contributed by atoms with Gasteiger partial charge >= 0.3 is 5.97 Å². The van der Waals surface area contributed by atoms with Gasteiger partial charge in [-0.15, -0.1) is 11.3 Å². The zero-order valence-corrected chi connectivity index (χ0v) is 13.8. The second-order valence-corrected chi connectivity index (χ2v) is 7.05. The summed E-state index contributed by atoms with van der Waals surface area (Å²) in [7, 11) is 1.46. The zero-order valence-electron chi connectivity index (χ0n) is 12.1. The van der Waals surface area contributed by atoms with Crippen LogP contribution >= 0.6 is 23.1 Å². The molecule has 1 aliphatic rings. The van der Waals surface area contributed by atoms with Crippen LogP contribution in [0.3, 0.4) is 0 Å². The summed E-state index contributed by atoms with van der Waals surface area (Å²) in [6.07, 6.45) is 2.68. The highest BCUT2D eigenvalue weighted by molar-refractivity contribution is 7.99. The molecule has 0 amide bonds. The lowest BCUT2D eigenvalue weighted by atomic mass is 10.2. The molecule has 1 atom stereocenters. The van der Waals surface area contributed by atoms with Crippen LogP contribution in [0.2, 0.25) is 0 Å².